The first kappa shape index (κ1) is 31.4. The molecule has 11 heteroatoms. The highest BCUT2D eigenvalue weighted by Crippen LogP contribution is 2.30. The molecule has 4 amide bonds. The summed E-state index contributed by atoms with van der Waals surface area (Å²) in [6.45, 7) is 8.00. The van der Waals surface area contributed by atoms with Crippen LogP contribution < -0.4 is 16.4 Å². The Labute approximate surface area is 252 Å². The molecule has 4 N–H and O–H groups in total. The fourth-order valence-electron chi connectivity index (χ4n) is 5.42. The summed E-state index contributed by atoms with van der Waals surface area (Å²) in [5.74, 6) is -0.911. The van der Waals surface area contributed by atoms with Crippen LogP contribution in [-0.4, -0.2) is 70.1 Å². The molecule has 0 aliphatic carbocycles. The Bertz CT molecular complexity index is 1320. The van der Waals surface area contributed by atoms with Gasteiger partial charge in [-0.05, 0) is 60.9 Å². The number of aromatic nitrogens is 1. The molecule has 42 heavy (non-hydrogen) atoms. The molecule has 1 aromatic carbocycles. The number of rotatable bonds is 9. The zero-order valence-electron chi connectivity index (χ0n) is 24.6. The average Bonchev–Trinajstić information content (AvgIpc) is 2.96. The molecule has 2 atom stereocenters. The van der Waals surface area contributed by atoms with Gasteiger partial charge >= 0.3 is 0 Å². The van der Waals surface area contributed by atoms with Crippen LogP contribution in [-0.2, 0) is 32.1 Å². The summed E-state index contributed by atoms with van der Waals surface area (Å²) in [6.07, 6.45) is 3.92. The van der Waals surface area contributed by atoms with Gasteiger partial charge in [0, 0.05) is 45.1 Å². The van der Waals surface area contributed by atoms with E-state index in [-0.39, 0.29) is 49.6 Å². The molecule has 3 heterocycles. The molecule has 0 spiro atoms. The van der Waals surface area contributed by atoms with Gasteiger partial charge in [0.2, 0.25) is 23.6 Å². The number of likely N-dealkylation sites (tertiary alicyclic amines) is 1. The Kier molecular flexibility index (Phi) is 10.2. The van der Waals surface area contributed by atoms with Crippen molar-refractivity contribution in [3.63, 3.8) is 0 Å². The topological polar surface area (TPSA) is 138 Å². The molecule has 2 aliphatic rings. The van der Waals surface area contributed by atoms with Crippen LogP contribution in [0.4, 0.5) is 5.82 Å². The van der Waals surface area contributed by atoms with Crippen molar-refractivity contribution in [1.29, 1.82) is 0 Å². The largest absolute Gasteiger partial charge is 0.343 e. The number of nitrogens with one attached hydrogen (secondary N) is 2. The molecule has 1 saturated heterocycles. The summed E-state index contributed by atoms with van der Waals surface area (Å²) in [7, 11) is 0. The SMILES string of the molecule is Cc1cc(NC(=O)[C@H](CCN)NC(=O)[C@@H]2Cc3ccccc3CN2C(=O)CCC(=O)N2CCC(C)(C)CC2)ncc1Cl. The molecule has 2 aromatic rings. The number of anilines is 1. The highest BCUT2D eigenvalue weighted by Gasteiger charge is 2.36. The first-order chi connectivity index (χ1) is 20.0. The summed E-state index contributed by atoms with van der Waals surface area (Å²) in [6, 6.07) is 7.56. The number of carbonyl (C=O) groups excluding carboxylic acids is 4. The van der Waals surface area contributed by atoms with E-state index in [1.54, 1.807) is 13.0 Å². The third-order valence-electron chi connectivity index (χ3n) is 8.28. The maximum absolute atomic E-state index is 13.7. The van der Waals surface area contributed by atoms with Crippen molar-refractivity contribution in [2.24, 2.45) is 11.1 Å². The van der Waals surface area contributed by atoms with Crippen LogP contribution in [0.25, 0.3) is 0 Å². The number of pyridine rings is 1. The number of fused-ring (bicyclic) bond motifs is 1. The minimum absolute atomic E-state index is 0.0129. The van der Waals surface area contributed by atoms with Crippen molar-refractivity contribution < 1.29 is 19.2 Å². The number of amides is 4. The molecule has 2 aliphatic heterocycles. The summed E-state index contributed by atoms with van der Waals surface area (Å²) in [4.78, 5) is 60.7. The van der Waals surface area contributed by atoms with Gasteiger partial charge in [0.1, 0.15) is 17.9 Å². The molecule has 226 valence electrons. The molecule has 0 unspecified atom stereocenters. The lowest BCUT2D eigenvalue weighted by atomic mass is 9.82. The van der Waals surface area contributed by atoms with Crippen molar-refractivity contribution >= 4 is 41.0 Å². The highest BCUT2D eigenvalue weighted by molar-refractivity contribution is 6.31. The van der Waals surface area contributed by atoms with E-state index in [1.807, 2.05) is 29.2 Å². The number of hydrogen-bond acceptors (Lipinski definition) is 6. The molecule has 0 saturated carbocycles. The van der Waals surface area contributed by atoms with Crippen LogP contribution in [0, 0.1) is 12.3 Å². The Morgan fingerprint density at radius 2 is 1.76 bits per heavy atom. The van der Waals surface area contributed by atoms with Gasteiger partial charge in [-0.15, -0.1) is 0 Å². The van der Waals surface area contributed by atoms with Gasteiger partial charge in [-0.2, -0.15) is 0 Å². The highest BCUT2D eigenvalue weighted by atomic mass is 35.5. The van der Waals surface area contributed by atoms with Gasteiger partial charge < -0.3 is 26.2 Å². The molecule has 10 nitrogen and oxygen atoms in total. The van der Waals surface area contributed by atoms with Crippen LogP contribution in [0.3, 0.4) is 0 Å². The maximum atomic E-state index is 13.7. The number of nitrogens with two attached hydrogens (primary N) is 1. The first-order valence-corrected chi connectivity index (χ1v) is 14.9. The predicted octanol–water partition coefficient (Wildman–Crippen LogP) is 3.20. The summed E-state index contributed by atoms with van der Waals surface area (Å²) in [5.41, 5.74) is 8.67. The lowest BCUT2D eigenvalue weighted by Crippen LogP contribution is -2.56. The third-order valence-corrected chi connectivity index (χ3v) is 8.68. The molecular weight excluding hydrogens is 556 g/mol. The predicted molar refractivity (Wildman–Crippen MR) is 162 cm³/mol. The Morgan fingerprint density at radius 1 is 1.10 bits per heavy atom. The van der Waals surface area contributed by atoms with Crippen LogP contribution in [0.2, 0.25) is 5.02 Å². The lowest BCUT2D eigenvalue weighted by Gasteiger charge is -2.38. The number of aryl methyl sites for hydroxylation is 1. The van der Waals surface area contributed by atoms with E-state index in [9.17, 15) is 19.2 Å². The number of carbonyl (C=O) groups is 4. The lowest BCUT2D eigenvalue weighted by molar-refractivity contribution is -0.144. The summed E-state index contributed by atoms with van der Waals surface area (Å²) >= 11 is 6.05. The van der Waals surface area contributed by atoms with Crippen LogP contribution in [0.15, 0.2) is 36.5 Å². The molecule has 1 aromatic heterocycles. The van der Waals surface area contributed by atoms with Gasteiger partial charge in [-0.25, -0.2) is 4.98 Å². The Hall–Kier alpha value is -3.50. The molecular formula is C31H41ClN6O4. The standard InChI is InChI=1S/C31H41ClN6O4/c1-20-16-26(34-18-23(20)32)36-29(41)24(10-13-33)35-30(42)25-17-21-6-4-5-7-22(21)19-38(25)28(40)9-8-27(39)37-14-11-31(2,3)12-15-37/h4-7,16,18,24-25H,8-15,17,19,33H2,1-3H3,(H,35,42)(H,34,36,41)/t24-,25-/m0/s1. The van der Waals surface area contributed by atoms with Crippen LogP contribution in [0.1, 0.15) is 62.6 Å². The smallest absolute Gasteiger partial charge is 0.248 e. The van der Waals surface area contributed by atoms with Crippen molar-refractivity contribution in [3.8, 4) is 0 Å². The third kappa shape index (κ3) is 7.86. The van der Waals surface area contributed by atoms with Gasteiger partial charge in [0.05, 0.1) is 5.02 Å². The Morgan fingerprint density at radius 3 is 2.43 bits per heavy atom. The van der Waals surface area contributed by atoms with E-state index in [0.717, 1.165) is 29.5 Å². The fourth-order valence-corrected chi connectivity index (χ4v) is 5.52. The van der Waals surface area contributed by atoms with Gasteiger partial charge in [0.25, 0.3) is 0 Å². The maximum Gasteiger partial charge on any atom is 0.248 e. The van der Waals surface area contributed by atoms with Crippen LogP contribution >= 0.6 is 11.6 Å². The molecule has 1 fully saturated rings. The Balaban J connectivity index is 1.44. The number of hydrogen-bond donors (Lipinski definition) is 3. The van der Waals surface area contributed by atoms with E-state index in [1.165, 1.54) is 11.1 Å². The monoisotopic (exact) mass is 596 g/mol. The average molecular weight is 597 g/mol. The quantitative estimate of drug-likeness (QED) is 0.406. The second-order valence-electron chi connectivity index (χ2n) is 12.0. The van der Waals surface area contributed by atoms with Gasteiger partial charge in [0.15, 0.2) is 0 Å². The zero-order chi connectivity index (χ0) is 30.4. The van der Waals surface area contributed by atoms with Crippen LogP contribution in [0.5, 0.6) is 0 Å². The zero-order valence-corrected chi connectivity index (χ0v) is 25.4. The van der Waals surface area contributed by atoms with Crippen molar-refractivity contribution in [2.45, 2.75) is 77.9 Å². The normalized spacial score (nSPS) is 18.5. The first-order valence-electron chi connectivity index (χ1n) is 14.5. The minimum atomic E-state index is -0.931. The summed E-state index contributed by atoms with van der Waals surface area (Å²) < 4.78 is 0. The number of benzene rings is 1. The van der Waals surface area contributed by atoms with E-state index in [0.29, 0.717) is 30.4 Å². The van der Waals surface area contributed by atoms with Crippen molar-refractivity contribution in [1.82, 2.24) is 20.1 Å². The van der Waals surface area contributed by atoms with Gasteiger partial charge in [-0.3, -0.25) is 19.2 Å². The summed E-state index contributed by atoms with van der Waals surface area (Å²) in [5, 5.41) is 6.02. The van der Waals surface area contributed by atoms with Gasteiger partial charge in [-0.1, -0.05) is 49.7 Å². The number of piperidine rings is 1. The fraction of sp³-hybridized carbons (Fsp3) is 0.516. The van der Waals surface area contributed by atoms with E-state index < -0.39 is 23.9 Å². The van der Waals surface area contributed by atoms with Crippen molar-refractivity contribution in [3.05, 3.63) is 58.2 Å². The molecule has 0 radical (unpaired) electrons. The number of nitrogens with zero attached hydrogens (tertiary/aromatic N) is 3. The van der Waals surface area contributed by atoms with Crippen molar-refractivity contribution in [2.75, 3.05) is 25.0 Å². The minimum Gasteiger partial charge on any atom is -0.343 e. The second-order valence-corrected chi connectivity index (χ2v) is 12.4. The van der Waals surface area contributed by atoms with E-state index in [4.69, 9.17) is 17.3 Å². The van der Waals surface area contributed by atoms with E-state index in [2.05, 4.69) is 29.5 Å². The number of halogens is 1. The molecule has 0 bridgehead atoms. The second kappa shape index (κ2) is 13.6. The van der Waals surface area contributed by atoms with E-state index >= 15 is 0 Å². The molecule has 4 rings (SSSR count).